The number of nitrogens with zero attached hydrogens (tertiary/aromatic N) is 1. The van der Waals surface area contributed by atoms with Crippen LogP contribution in [0, 0.1) is 5.41 Å². The van der Waals surface area contributed by atoms with Crippen molar-refractivity contribution in [2.24, 2.45) is 0 Å². The molecule has 0 unspecified atom stereocenters. The molecule has 1 heterocycles. The summed E-state index contributed by atoms with van der Waals surface area (Å²) < 4.78 is 5.33. The van der Waals surface area contributed by atoms with E-state index in [1.807, 2.05) is 54.6 Å². The Hall–Kier alpha value is -3.83. The Morgan fingerprint density at radius 3 is 2.34 bits per heavy atom. The number of anilines is 1. The Morgan fingerprint density at radius 1 is 1.00 bits per heavy atom. The smallest absolute Gasteiger partial charge is 0.161 e. The summed E-state index contributed by atoms with van der Waals surface area (Å²) in [5, 5.41) is 21.5. The normalized spacial score (nSPS) is 19.5. The van der Waals surface area contributed by atoms with E-state index in [9.17, 15) is 15.3 Å². The second-order valence-corrected chi connectivity index (χ2v) is 9.07. The van der Waals surface area contributed by atoms with Crippen molar-refractivity contribution in [2.45, 2.75) is 25.2 Å². The number of hydrogen-bond acceptors (Lipinski definition) is 4. The maximum absolute atomic E-state index is 13.5. The molecule has 0 bridgehead atoms. The predicted molar refractivity (Wildman–Crippen MR) is 139 cm³/mol. The second kappa shape index (κ2) is 9.43. The first-order valence-electron chi connectivity index (χ1n) is 11.5. The summed E-state index contributed by atoms with van der Waals surface area (Å²) in [4.78, 5) is 15.3. The molecule has 0 fully saturated rings. The van der Waals surface area contributed by atoms with E-state index in [1.165, 1.54) is 0 Å². The highest BCUT2D eigenvalue weighted by molar-refractivity contribution is 6.30. The van der Waals surface area contributed by atoms with Crippen molar-refractivity contribution >= 4 is 34.7 Å². The fraction of sp³-hybridized carbons (Fsp3) is 0.172. The predicted octanol–water partition coefficient (Wildman–Crippen LogP) is 6.91. The quantitative estimate of drug-likeness (QED) is 0.395. The van der Waals surface area contributed by atoms with E-state index in [4.69, 9.17) is 16.3 Å². The average Bonchev–Trinajstić information content (AvgIpc) is 2.89. The van der Waals surface area contributed by atoms with Crippen molar-refractivity contribution in [3.05, 3.63) is 112 Å². The summed E-state index contributed by atoms with van der Waals surface area (Å²) in [6.45, 7) is 0. The highest BCUT2D eigenvalue weighted by atomic mass is 35.5. The number of allylic oxidation sites excluding steroid dienone is 2. The molecule has 0 saturated heterocycles. The van der Waals surface area contributed by atoms with E-state index in [0.717, 1.165) is 16.9 Å². The first kappa shape index (κ1) is 22.9. The van der Waals surface area contributed by atoms with Crippen LogP contribution in [0.2, 0.25) is 5.02 Å². The van der Waals surface area contributed by atoms with Gasteiger partial charge in [-0.25, -0.2) is 0 Å². The molecule has 5 rings (SSSR count). The van der Waals surface area contributed by atoms with E-state index in [-0.39, 0.29) is 17.4 Å². The van der Waals surface area contributed by atoms with Crippen LogP contribution < -0.4 is 9.64 Å². The molecule has 176 valence electrons. The number of aliphatic hydroxyl groups excluding tert-OH is 1. The second-order valence-electron chi connectivity index (χ2n) is 8.63. The van der Waals surface area contributed by atoms with Crippen LogP contribution in [0.5, 0.6) is 5.75 Å². The topological polar surface area (TPSA) is 73.6 Å². The fourth-order valence-corrected chi connectivity index (χ4v) is 5.07. The Balaban J connectivity index is 1.80. The third kappa shape index (κ3) is 4.13. The number of rotatable bonds is 4. The van der Waals surface area contributed by atoms with Gasteiger partial charge in [0, 0.05) is 45.5 Å². The number of Topliss-reactive ketones (excluding diaryl/α,β-unsaturated/α-hetero) is 1. The standard InChI is InChI=1S/C29H25ClN2O3/c1-35-22-16-10-18(11-17-22)25-26-23(8-5-9-24(26)33)32(21-14-12-20(30)13-15-21)29(31)27(25)28(34)19-6-3-2-4-7-19/h2-4,6-7,10-17,25,31,34H,5,8-9H2,1H3/b28-27+,31-29?/t25-/m0/s1. The molecule has 1 atom stereocenters. The number of nitrogens with one attached hydrogen (secondary N) is 1. The van der Waals surface area contributed by atoms with Crippen LogP contribution in [0.4, 0.5) is 5.69 Å². The minimum Gasteiger partial charge on any atom is -0.507 e. The van der Waals surface area contributed by atoms with Crippen LogP contribution in [0.25, 0.3) is 5.76 Å². The van der Waals surface area contributed by atoms with Gasteiger partial charge in [-0.05, 0) is 54.8 Å². The summed E-state index contributed by atoms with van der Waals surface area (Å²) in [5.41, 5.74) is 3.97. The third-order valence-corrected chi connectivity index (χ3v) is 6.84. The van der Waals surface area contributed by atoms with Crippen LogP contribution in [0.3, 0.4) is 0 Å². The zero-order valence-corrected chi connectivity index (χ0v) is 20.0. The van der Waals surface area contributed by atoms with Crippen molar-refractivity contribution in [3.8, 4) is 5.75 Å². The lowest BCUT2D eigenvalue weighted by atomic mass is 9.73. The van der Waals surface area contributed by atoms with Crippen LogP contribution in [0.1, 0.15) is 36.3 Å². The van der Waals surface area contributed by atoms with Crippen molar-refractivity contribution in [2.75, 3.05) is 12.0 Å². The van der Waals surface area contributed by atoms with Gasteiger partial charge in [-0.3, -0.25) is 15.1 Å². The molecule has 1 aliphatic heterocycles. The maximum Gasteiger partial charge on any atom is 0.161 e. The van der Waals surface area contributed by atoms with Gasteiger partial charge in [0.1, 0.15) is 17.3 Å². The van der Waals surface area contributed by atoms with Crippen LogP contribution in [-0.4, -0.2) is 23.8 Å². The molecular formula is C29H25ClN2O3. The van der Waals surface area contributed by atoms with Crippen LogP contribution in [0.15, 0.2) is 95.7 Å². The van der Waals surface area contributed by atoms with E-state index in [0.29, 0.717) is 46.7 Å². The van der Waals surface area contributed by atoms with Gasteiger partial charge < -0.3 is 9.84 Å². The van der Waals surface area contributed by atoms with Gasteiger partial charge in [0.2, 0.25) is 0 Å². The van der Waals surface area contributed by atoms with E-state index >= 15 is 0 Å². The summed E-state index contributed by atoms with van der Waals surface area (Å²) in [6.07, 6.45) is 1.82. The maximum atomic E-state index is 13.5. The Bertz CT molecular complexity index is 1340. The van der Waals surface area contributed by atoms with E-state index in [2.05, 4.69) is 0 Å². The van der Waals surface area contributed by atoms with Gasteiger partial charge in [0.25, 0.3) is 0 Å². The number of ketones is 1. The minimum absolute atomic E-state index is 0.0136. The molecule has 6 heteroatoms. The average molecular weight is 485 g/mol. The summed E-state index contributed by atoms with van der Waals surface area (Å²) >= 11 is 6.14. The van der Waals surface area contributed by atoms with E-state index < -0.39 is 5.92 Å². The minimum atomic E-state index is -0.569. The molecular weight excluding hydrogens is 460 g/mol. The number of amidine groups is 1. The number of carbonyl (C=O) groups is 1. The van der Waals surface area contributed by atoms with Crippen molar-refractivity contribution < 1.29 is 14.6 Å². The van der Waals surface area contributed by atoms with Gasteiger partial charge >= 0.3 is 0 Å². The molecule has 2 N–H and O–H groups in total. The number of methoxy groups -OCH3 is 1. The molecule has 0 radical (unpaired) electrons. The lowest BCUT2D eigenvalue weighted by Crippen LogP contribution is -2.42. The first-order valence-corrected chi connectivity index (χ1v) is 11.9. The molecule has 2 aliphatic rings. The molecule has 0 amide bonds. The van der Waals surface area contributed by atoms with Gasteiger partial charge in [-0.2, -0.15) is 0 Å². The van der Waals surface area contributed by atoms with E-state index in [1.54, 1.807) is 36.3 Å². The SMILES string of the molecule is COc1ccc([C@H]2C3=C(CCCC3=O)N(c3ccc(Cl)cc3)C(=N)/C2=C(/O)c2ccccc2)cc1. The number of benzene rings is 3. The molecule has 3 aromatic rings. The van der Waals surface area contributed by atoms with Crippen molar-refractivity contribution in [1.29, 1.82) is 5.41 Å². The summed E-state index contributed by atoms with van der Waals surface area (Å²) in [5.74, 6) is 0.296. The Kier molecular flexibility index (Phi) is 6.18. The molecule has 5 nitrogen and oxygen atoms in total. The monoisotopic (exact) mass is 484 g/mol. The van der Waals surface area contributed by atoms with Gasteiger partial charge in [0.15, 0.2) is 5.78 Å². The summed E-state index contributed by atoms with van der Waals surface area (Å²) in [6, 6.07) is 23.9. The van der Waals surface area contributed by atoms with Gasteiger partial charge in [-0.15, -0.1) is 0 Å². The lowest BCUT2D eigenvalue weighted by Gasteiger charge is -2.41. The third-order valence-electron chi connectivity index (χ3n) is 6.59. The van der Waals surface area contributed by atoms with Gasteiger partial charge in [-0.1, -0.05) is 54.1 Å². The number of carbonyl (C=O) groups excluding carboxylic acids is 1. The molecule has 0 spiro atoms. The van der Waals surface area contributed by atoms with Crippen molar-refractivity contribution in [3.63, 3.8) is 0 Å². The van der Waals surface area contributed by atoms with Crippen LogP contribution >= 0.6 is 11.6 Å². The van der Waals surface area contributed by atoms with Crippen molar-refractivity contribution in [1.82, 2.24) is 0 Å². The first-order chi connectivity index (χ1) is 17.0. The molecule has 35 heavy (non-hydrogen) atoms. The zero-order chi connectivity index (χ0) is 24.5. The largest absolute Gasteiger partial charge is 0.507 e. The summed E-state index contributed by atoms with van der Waals surface area (Å²) in [7, 11) is 1.60. The zero-order valence-electron chi connectivity index (χ0n) is 19.3. The van der Waals surface area contributed by atoms with Crippen LogP contribution in [-0.2, 0) is 4.79 Å². The fourth-order valence-electron chi connectivity index (χ4n) is 4.95. The van der Waals surface area contributed by atoms with Gasteiger partial charge in [0.05, 0.1) is 7.11 Å². The molecule has 3 aromatic carbocycles. The highest BCUT2D eigenvalue weighted by Crippen LogP contribution is 2.48. The number of halogens is 1. The lowest BCUT2D eigenvalue weighted by molar-refractivity contribution is -0.116. The molecule has 0 saturated carbocycles. The highest BCUT2D eigenvalue weighted by Gasteiger charge is 2.43. The Labute approximate surface area is 209 Å². The number of hydrogen-bond donors (Lipinski definition) is 2. The molecule has 0 aromatic heterocycles. The number of aliphatic hydroxyl groups is 1. The Morgan fingerprint density at radius 2 is 1.69 bits per heavy atom. The number of ether oxygens (including phenoxy) is 1. The molecule has 1 aliphatic carbocycles.